The summed E-state index contributed by atoms with van der Waals surface area (Å²) in [5.74, 6) is 0.478. The third-order valence-corrected chi connectivity index (χ3v) is 4.97. The third kappa shape index (κ3) is 6.77. The van der Waals surface area contributed by atoms with E-state index < -0.39 is 0 Å². The number of carbonyl (C=O) groups excluding carboxylic acids is 1. The van der Waals surface area contributed by atoms with E-state index >= 15 is 0 Å². The molecule has 0 fully saturated rings. The fourth-order valence-electron chi connectivity index (χ4n) is 2.54. The van der Waals surface area contributed by atoms with E-state index in [0.29, 0.717) is 33.0 Å². The number of halogens is 3. The number of carbonyl (C=O) groups is 1. The zero-order chi connectivity index (χ0) is 21.3. The van der Waals surface area contributed by atoms with Gasteiger partial charge in [0.2, 0.25) is 0 Å². The predicted molar refractivity (Wildman–Crippen MR) is 121 cm³/mol. The molecule has 0 saturated carbocycles. The first-order chi connectivity index (χ1) is 14.5. The first kappa shape index (κ1) is 22.2. The van der Waals surface area contributed by atoms with Crippen LogP contribution in [0.1, 0.15) is 27.9 Å². The highest BCUT2D eigenvalue weighted by Gasteiger charge is 2.07. The zero-order valence-electron chi connectivity index (χ0n) is 15.9. The molecule has 0 heterocycles. The molecule has 0 unspecified atom stereocenters. The highest BCUT2D eigenvalue weighted by atomic mass is 35.5. The summed E-state index contributed by atoms with van der Waals surface area (Å²) in [6, 6.07) is 19.5. The molecule has 7 heteroatoms. The van der Waals surface area contributed by atoms with Crippen molar-refractivity contribution in [3.63, 3.8) is 0 Å². The lowest BCUT2D eigenvalue weighted by atomic mass is 10.1. The van der Waals surface area contributed by atoms with Crippen molar-refractivity contribution in [1.29, 1.82) is 0 Å². The average Bonchev–Trinajstić information content (AvgIpc) is 2.74. The van der Waals surface area contributed by atoms with Gasteiger partial charge in [0.25, 0.3) is 0 Å². The molecule has 0 N–H and O–H groups in total. The molecule has 3 aromatic carbocycles. The van der Waals surface area contributed by atoms with E-state index in [1.807, 2.05) is 12.1 Å². The van der Waals surface area contributed by atoms with E-state index in [9.17, 15) is 4.79 Å². The Morgan fingerprint density at radius 1 is 0.900 bits per heavy atom. The molecule has 0 radical (unpaired) electrons. The highest BCUT2D eigenvalue weighted by molar-refractivity contribution is 6.35. The number of oxime groups is 1. The molecule has 154 valence electrons. The number of ether oxygens (including phenoxy) is 1. The lowest BCUT2D eigenvalue weighted by molar-refractivity contribution is 0.0995. The number of Topliss-reactive ketones (excluding diaryl/α,β-unsaturated/α-hetero) is 1. The summed E-state index contributed by atoms with van der Waals surface area (Å²) in [6.45, 7) is 0.575. The zero-order valence-corrected chi connectivity index (χ0v) is 18.1. The van der Waals surface area contributed by atoms with Gasteiger partial charge in [-0.25, -0.2) is 0 Å². The summed E-state index contributed by atoms with van der Waals surface area (Å²) < 4.78 is 5.76. The van der Waals surface area contributed by atoms with E-state index in [4.69, 9.17) is 44.4 Å². The van der Waals surface area contributed by atoms with Crippen LogP contribution in [0.5, 0.6) is 5.75 Å². The minimum absolute atomic E-state index is 0.0937. The first-order valence-corrected chi connectivity index (χ1v) is 10.2. The minimum atomic E-state index is -0.0937. The second kappa shape index (κ2) is 11.0. The molecule has 0 spiro atoms. The summed E-state index contributed by atoms with van der Waals surface area (Å²) >= 11 is 17.9. The van der Waals surface area contributed by atoms with Gasteiger partial charge in [-0.1, -0.05) is 70.3 Å². The van der Waals surface area contributed by atoms with E-state index in [0.717, 1.165) is 11.1 Å². The molecule has 0 amide bonds. The van der Waals surface area contributed by atoms with Gasteiger partial charge in [0, 0.05) is 32.6 Å². The number of hydrogen-bond acceptors (Lipinski definition) is 4. The van der Waals surface area contributed by atoms with Crippen molar-refractivity contribution >= 4 is 46.8 Å². The third-order valence-electron chi connectivity index (χ3n) is 4.14. The van der Waals surface area contributed by atoms with Crippen molar-refractivity contribution in [3.8, 4) is 5.75 Å². The molecule has 0 aromatic heterocycles. The Hall–Kier alpha value is -2.53. The van der Waals surface area contributed by atoms with Gasteiger partial charge in [0.15, 0.2) is 5.78 Å². The van der Waals surface area contributed by atoms with Crippen molar-refractivity contribution in [2.75, 3.05) is 0 Å². The topological polar surface area (TPSA) is 47.9 Å². The Balaban J connectivity index is 1.49. The van der Waals surface area contributed by atoms with Crippen LogP contribution < -0.4 is 4.74 Å². The maximum Gasteiger partial charge on any atom is 0.168 e. The van der Waals surface area contributed by atoms with Gasteiger partial charge in [0.05, 0.1) is 6.21 Å². The second-order valence-electron chi connectivity index (χ2n) is 6.37. The molecular formula is C23H18Cl3NO3. The van der Waals surface area contributed by atoms with Crippen molar-refractivity contribution in [1.82, 2.24) is 0 Å². The van der Waals surface area contributed by atoms with E-state index in [1.54, 1.807) is 54.6 Å². The Labute approximate surface area is 190 Å². The molecule has 0 atom stereocenters. The summed E-state index contributed by atoms with van der Waals surface area (Å²) in [6.07, 6.45) is 1.56. The number of hydrogen-bond donors (Lipinski definition) is 0. The maximum atomic E-state index is 12.4. The molecule has 0 bridgehead atoms. The van der Waals surface area contributed by atoms with Crippen LogP contribution in [0.3, 0.4) is 0 Å². The molecule has 0 aliphatic carbocycles. The number of nitrogens with zero attached hydrogens (tertiary/aromatic N) is 1. The molecule has 3 aromatic rings. The second-order valence-corrected chi connectivity index (χ2v) is 7.65. The summed E-state index contributed by atoms with van der Waals surface area (Å²) in [4.78, 5) is 17.6. The normalized spacial score (nSPS) is 10.9. The smallest absolute Gasteiger partial charge is 0.168 e. The Kier molecular flexibility index (Phi) is 8.14. The van der Waals surface area contributed by atoms with Gasteiger partial charge >= 0.3 is 0 Å². The molecule has 0 aliphatic rings. The monoisotopic (exact) mass is 461 g/mol. The van der Waals surface area contributed by atoms with Gasteiger partial charge in [-0.2, -0.15) is 0 Å². The van der Waals surface area contributed by atoms with Crippen LogP contribution >= 0.6 is 34.8 Å². The van der Waals surface area contributed by atoms with Crippen LogP contribution in [0.15, 0.2) is 71.9 Å². The quantitative estimate of drug-likeness (QED) is 0.195. The van der Waals surface area contributed by atoms with E-state index in [1.165, 1.54) is 6.21 Å². The summed E-state index contributed by atoms with van der Waals surface area (Å²) in [7, 11) is 0. The lowest BCUT2D eigenvalue weighted by Crippen LogP contribution is -2.02. The van der Waals surface area contributed by atoms with Crippen molar-refractivity contribution in [3.05, 3.63) is 98.5 Å². The largest absolute Gasteiger partial charge is 0.489 e. The van der Waals surface area contributed by atoms with Crippen molar-refractivity contribution in [2.24, 2.45) is 5.16 Å². The lowest BCUT2D eigenvalue weighted by Gasteiger charge is -2.09. The van der Waals surface area contributed by atoms with Gasteiger partial charge in [-0.3, -0.25) is 4.79 Å². The van der Waals surface area contributed by atoms with Crippen LogP contribution in [0.25, 0.3) is 0 Å². The van der Waals surface area contributed by atoms with Crippen LogP contribution in [-0.2, 0) is 18.1 Å². The molecule has 30 heavy (non-hydrogen) atoms. The average molecular weight is 463 g/mol. The van der Waals surface area contributed by atoms with Crippen LogP contribution in [-0.4, -0.2) is 12.0 Å². The molecule has 0 saturated heterocycles. The van der Waals surface area contributed by atoms with Crippen LogP contribution in [0, 0.1) is 0 Å². The standard InChI is InChI=1S/C23H18Cl3NO3/c24-19-7-4-16(5-8-19)14-30-27-11-10-23(28)17-2-1-3-21(12-17)29-15-18-6-9-20(25)13-22(18)26/h1-9,11-13H,10,14-15H2/b27-11+. The number of rotatable bonds is 9. The summed E-state index contributed by atoms with van der Waals surface area (Å²) in [5.41, 5.74) is 2.27. The minimum Gasteiger partial charge on any atom is -0.489 e. The molecule has 4 nitrogen and oxygen atoms in total. The Bertz CT molecular complexity index is 1040. The molecule has 3 rings (SSSR count). The fraction of sp³-hybridized carbons (Fsp3) is 0.130. The van der Waals surface area contributed by atoms with E-state index in [2.05, 4.69) is 5.16 Å². The van der Waals surface area contributed by atoms with Crippen LogP contribution in [0.4, 0.5) is 0 Å². The summed E-state index contributed by atoms with van der Waals surface area (Å²) in [5, 5.41) is 5.59. The number of ketones is 1. The Morgan fingerprint density at radius 2 is 1.67 bits per heavy atom. The van der Waals surface area contributed by atoms with Crippen molar-refractivity contribution in [2.45, 2.75) is 19.6 Å². The first-order valence-electron chi connectivity index (χ1n) is 9.09. The van der Waals surface area contributed by atoms with Gasteiger partial charge < -0.3 is 9.57 Å². The molecule has 0 aliphatic heterocycles. The number of benzene rings is 3. The van der Waals surface area contributed by atoms with Gasteiger partial charge in [-0.15, -0.1) is 0 Å². The Morgan fingerprint density at radius 3 is 2.43 bits per heavy atom. The SMILES string of the molecule is O=C(C/C=N/OCc1ccc(Cl)cc1)c1cccc(OCc2ccc(Cl)cc2Cl)c1. The van der Waals surface area contributed by atoms with Gasteiger partial charge in [-0.05, 0) is 42.0 Å². The van der Waals surface area contributed by atoms with E-state index in [-0.39, 0.29) is 18.8 Å². The highest BCUT2D eigenvalue weighted by Crippen LogP contribution is 2.23. The van der Waals surface area contributed by atoms with Crippen LogP contribution in [0.2, 0.25) is 15.1 Å². The maximum absolute atomic E-state index is 12.4. The van der Waals surface area contributed by atoms with Crippen molar-refractivity contribution < 1.29 is 14.4 Å². The van der Waals surface area contributed by atoms with Gasteiger partial charge in [0.1, 0.15) is 19.0 Å². The fourth-order valence-corrected chi connectivity index (χ4v) is 3.13. The predicted octanol–water partition coefficient (Wildman–Crippen LogP) is 7.00. The molecular weight excluding hydrogens is 445 g/mol.